The largest absolute Gasteiger partial charge is 0.331 e. The Morgan fingerprint density at radius 2 is 2.12 bits per heavy atom. The lowest BCUT2D eigenvalue weighted by Crippen LogP contribution is -2.39. The van der Waals surface area contributed by atoms with E-state index in [4.69, 9.17) is 23.2 Å². The first-order chi connectivity index (χ1) is 12.0. The first kappa shape index (κ1) is 17.4. The second-order valence-electron chi connectivity index (χ2n) is 5.67. The van der Waals surface area contributed by atoms with E-state index in [0.29, 0.717) is 62.9 Å². The van der Waals surface area contributed by atoms with Gasteiger partial charge in [-0.05, 0) is 19.1 Å². The Bertz CT molecular complexity index is 935. The summed E-state index contributed by atoms with van der Waals surface area (Å²) in [4.78, 5) is 29.6. The average Bonchev–Trinajstić information content (AvgIpc) is 2.57. The average molecular weight is 374 g/mol. The Morgan fingerprint density at radius 1 is 1.36 bits per heavy atom. The Kier molecular flexibility index (Phi) is 4.76. The van der Waals surface area contributed by atoms with Crippen LogP contribution in [0.3, 0.4) is 0 Å². The Hall–Kier alpha value is -2.42. The maximum Gasteiger partial charge on any atom is 0.256 e. The fourth-order valence-corrected chi connectivity index (χ4v) is 3.54. The number of aldehydes is 1. The van der Waals surface area contributed by atoms with Gasteiger partial charge < -0.3 is 9.69 Å². The van der Waals surface area contributed by atoms with Crippen molar-refractivity contribution >= 4 is 35.4 Å². The molecule has 1 aliphatic rings. The van der Waals surface area contributed by atoms with Crippen molar-refractivity contribution in [1.82, 2.24) is 9.88 Å². The van der Waals surface area contributed by atoms with E-state index >= 15 is 0 Å². The molecule has 0 aliphatic carbocycles. The second-order valence-corrected chi connectivity index (χ2v) is 6.52. The van der Waals surface area contributed by atoms with Crippen molar-refractivity contribution in [2.45, 2.75) is 13.3 Å². The van der Waals surface area contributed by atoms with Crippen molar-refractivity contribution in [3.63, 3.8) is 0 Å². The molecule has 7 heteroatoms. The number of carbonyl (C=O) groups excluding carboxylic acids is 2. The number of benzene rings is 1. The van der Waals surface area contributed by atoms with Crippen LogP contribution in [0.5, 0.6) is 0 Å². The standard InChI is InChI=1S/C18H13Cl2N3O2/c1-10-13(9-21)16(12-3-2-11(19)8-14(12)20)17-15(22-10)4-5-23(6-7-24)18(17)25/h2-3,7-8H,4-6H2,1H3. The monoisotopic (exact) mass is 373 g/mol. The van der Waals surface area contributed by atoms with Crippen LogP contribution >= 0.6 is 23.2 Å². The highest BCUT2D eigenvalue weighted by atomic mass is 35.5. The molecule has 0 saturated carbocycles. The predicted molar refractivity (Wildman–Crippen MR) is 94.8 cm³/mol. The van der Waals surface area contributed by atoms with Crippen LogP contribution in [0.25, 0.3) is 11.1 Å². The van der Waals surface area contributed by atoms with Gasteiger partial charge in [-0.2, -0.15) is 5.26 Å². The summed E-state index contributed by atoms with van der Waals surface area (Å²) in [5.41, 5.74) is 2.78. The van der Waals surface area contributed by atoms with Gasteiger partial charge in [0.1, 0.15) is 12.4 Å². The molecule has 0 bridgehead atoms. The number of aryl methyl sites for hydroxylation is 1. The van der Waals surface area contributed by atoms with Crippen molar-refractivity contribution in [3.05, 3.63) is 50.8 Å². The van der Waals surface area contributed by atoms with Crippen molar-refractivity contribution in [1.29, 1.82) is 5.26 Å². The zero-order chi connectivity index (χ0) is 18.1. The number of hydrogen-bond donors (Lipinski definition) is 0. The van der Waals surface area contributed by atoms with E-state index in [-0.39, 0.29) is 12.5 Å². The summed E-state index contributed by atoms with van der Waals surface area (Å²) < 4.78 is 0. The molecule has 1 aromatic carbocycles. The fraction of sp³-hybridized carbons (Fsp3) is 0.222. The third-order valence-corrected chi connectivity index (χ3v) is 4.73. The van der Waals surface area contributed by atoms with Crippen molar-refractivity contribution in [2.24, 2.45) is 0 Å². The van der Waals surface area contributed by atoms with Gasteiger partial charge in [-0.25, -0.2) is 0 Å². The minimum atomic E-state index is -0.321. The highest BCUT2D eigenvalue weighted by Crippen LogP contribution is 2.38. The summed E-state index contributed by atoms with van der Waals surface area (Å²) in [6, 6.07) is 7.04. The van der Waals surface area contributed by atoms with Gasteiger partial charge in [-0.3, -0.25) is 9.78 Å². The van der Waals surface area contributed by atoms with E-state index in [9.17, 15) is 14.9 Å². The summed E-state index contributed by atoms with van der Waals surface area (Å²) in [5, 5.41) is 10.4. The van der Waals surface area contributed by atoms with Gasteiger partial charge in [0.15, 0.2) is 0 Å². The summed E-state index contributed by atoms with van der Waals surface area (Å²) in [6.45, 7) is 2.15. The molecule has 25 heavy (non-hydrogen) atoms. The summed E-state index contributed by atoms with van der Waals surface area (Å²) in [6.07, 6.45) is 1.20. The molecule has 126 valence electrons. The topological polar surface area (TPSA) is 74.1 Å². The predicted octanol–water partition coefficient (Wildman–Crippen LogP) is 3.43. The van der Waals surface area contributed by atoms with E-state index in [1.165, 1.54) is 4.90 Å². The van der Waals surface area contributed by atoms with Crippen molar-refractivity contribution in [3.8, 4) is 17.2 Å². The third kappa shape index (κ3) is 2.99. The molecule has 2 aromatic rings. The highest BCUT2D eigenvalue weighted by molar-refractivity contribution is 6.36. The Labute approximate surface area is 154 Å². The fourth-order valence-electron chi connectivity index (χ4n) is 3.04. The lowest BCUT2D eigenvalue weighted by atomic mass is 9.89. The number of amides is 1. The van der Waals surface area contributed by atoms with Gasteiger partial charge in [-0.15, -0.1) is 0 Å². The molecule has 1 aromatic heterocycles. The van der Waals surface area contributed by atoms with Gasteiger partial charge in [0.25, 0.3) is 5.91 Å². The molecule has 0 radical (unpaired) electrons. The number of nitriles is 1. The summed E-state index contributed by atoms with van der Waals surface area (Å²) in [7, 11) is 0. The molecular formula is C18H13Cl2N3O2. The minimum absolute atomic E-state index is 0.00181. The van der Waals surface area contributed by atoms with Crippen molar-refractivity contribution < 1.29 is 9.59 Å². The van der Waals surface area contributed by atoms with Crippen LogP contribution in [-0.4, -0.2) is 35.2 Å². The quantitative estimate of drug-likeness (QED) is 0.772. The Morgan fingerprint density at radius 3 is 2.76 bits per heavy atom. The smallest absolute Gasteiger partial charge is 0.256 e. The molecular weight excluding hydrogens is 361 g/mol. The lowest BCUT2D eigenvalue weighted by Gasteiger charge is -2.29. The molecule has 0 atom stereocenters. The van der Waals surface area contributed by atoms with Gasteiger partial charge in [0.2, 0.25) is 0 Å². The van der Waals surface area contributed by atoms with Crippen molar-refractivity contribution in [2.75, 3.05) is 13.1 Å². The number of halogens is 2. The molecule has 1 aliphatic heterocycles. The van der Waals surface area contributed by atoms with E-state index in [1.807, 2.05) is 0 Å². The highest BCUT2D eigenvalue weighted by Gasteiger charge is 2.31. The van der Waals surface area contributed by atoms with Gasteiger partial charge >= 0.3 is 0 Å². The molecule has 1 amide bonds. The minimum Gasteiger partial charge on any atom is -0.331 e. The van der Waals surface area contributed by atoms with Gasteiger partial charge in [-0.1, -0.05) is 29.3 Å². The SMILES string of the molecule is Cc1nc2c(c(-c3ccc(Cl)cc3Cl)c1C#N)C(=O)N(CC=O)CC2. The maximum atomic E-state index is 12.9. The number of nitrogens with zero attached hydrogens (tertiary/aromatic N) is 3. The van der Waals surface area contributed by atoms with Crippen LogP contribution in [0.2, 0.25) is 10.0 Å². The molecule has 0 saturated heterocycles. The van der Waals surface area contributed by atoms with Gasteiger partial charge in [0, 0.05) is 34.1 Å². The van der Waals surface area contributed by atoms with E-state index in [1.54, 1.807) is 25.1 Å². The Balaban J connectivity index is 2.34. The normalized spacial score (nSPS) is 13.4. The number of hydrogen-bond acceptors (Lipinski definition) is 4. The third-order valence-electron chi connectivity index (χ3n) is 4.18. The van der Waals surface area contributed by atoms with Crippen LogP contribution < -0.4 is 0 Å². The molecule has 0 N–H and O–H groups in total. The zero-order valence-corrected chi connectivity index (χ0v) is 14.9. The number of pyridine rings is 1. The first-order valence-corrected chi connectivity index (χ1v) is 8.35. The van der Waals surface area contributed by atoms with Crippen LogP contribution in [0.1, 0.15) is 27.3 Å². The molecule has 0 unspecified atom stereocenters. The number of rotatable bonds is 3. The van der Waals surface area contributed by atoms with E-state index < -0.39 is 0 Å². The van der Waals surface area contributed by atoms with E-state index in [0.717, 1.165) is 0 Å². The summed E-state index contributed by atoms with van der Waals surface area (Å²) in [5.74, 6) is -0.321. The molecule has 2 heterocycles. The van der Waals surface area contributed by atoms with E-state index in [2.05, 4.69) is 11.1 Å². The van der Waals surface area contributed by atoms with Crippen LogP contribution in [0.4, 0.5) is 0 Å². The zero-order valence-electron chi connectivity index (χ0n) is 13.3. The molecule has 0 spiro atoms. The van der Waals surface area contributed by atoms with Crippen LogP contribution in [0, 0.1) is 18.3 Å². The summed E-state index contributed by atoms with van der Waals surface area (Å²) >= 11 is 12.3. The molecule has 5 nitrogen and oxygen atoms in total. The van der Waals surface area contributed by atoms with Crippen LogP contribution in [-0.2, 0) is 11.2 Å². The molecule has 3 rings (SSSR count). The number of aromatic nitrogens is 1. The maximum absolute atomic E-state index is 12.9. The van der Waals surface area contributed by atoms with Crippen LogP contribution in [0.15, 0.2) is 18.2 Å². The van der Waals surface area contributed by atoms with Gasteiger partial charge in [0.05, 0.1) is 29.1 Å². The number of carbonyl (C=O) groups is 2. The second kappa shape index (κ2) is 6.83. The lowest BCUT2D eigenvalue weighted by molar-refractivity contribution is -0.108. The molecule has 0 fully saturated rings. The first-order valence-electron chi connectivity index (χ1n) is 7.59. The number of fused-ring (bicyclic) bond motifs is 1.